The highest BCUT2D eigenvalue weighted by molar-refractivity contribution is 7.92. The number of hydrogen-bond acceptors (Lipinski definition) is 7. The van der Waals surface area contributed by atoms with Crippen LogP contribution in [0.4, 0.5) is 11.4 Å². The summed E-state index contributed by atoms with van der Waals surface area (Å²) >= 11 is 0. The first-order valence-corrected chi connectivity index (χ1v) is 13.4. The molecule has 1 aromatic heterocycles. The molecule has 2 aromatic carbocycles. The molecule has 0 saturated heterocycles. The van der Waals surface area contributed by atoms with Crippen LogP contribution in [-0.4, -0.2) is 38.0 Å². The van der Waals surface area contributed by atoms with Crippen LogP contribution in [-0.2, 0) is 27.8 Å². The number of hydrogen-bond donors (Lipinski definition) is 1. The normalized spacial score (nSPS) is 15.5. The minimum absolute atomic E-state index is 0.0296. The largest absolute Gasteiger partial charge is 0.420 e. The summed E-state index contributed by atoms with van der Waals surface area (Å²) in [6, 6.07) is 13.2. The van der Waals surface area contributed by atoms with Gasteiger partial charge in [0.25, 0.3) is 0 Å². The fourth-order valence-corrected chi connectivity index (χ4v) is 4.70. The maximum atomic E-state index is 12.2. The second kappa shape index (κ2) is 10.1. The second-order valence-corrected chi connectivity index (χ2v) is 11.1. The predicted octanol–water partition coefficient (Wildman–Crippen LogP) is 4.52. The van der Waals surface area contributed by atoms with Crippen molar-refractivity contribution in [2.45, 2.75) is 57.7 Å². The van der Waals surface area contributed by atoms with Crippen molar-refractivity contribution in [3.8, 4) is 11.5 Å². The summed E-state index contributed by atoms with van der Waals surface area (Å²) < 4.78 is 37.7. The standard InChI is InChI=1S/C25H32N4O4S/c1-17(12-19-8-4-7-11-23(19)26)24-27-28-25(33-24)20-13-18(16-32-22-9-5-6-10-22)14-21(15-20)29(2)34(3,30)31/h4,7-8,11,13-15,17,22H,5-6,9-10,12,16,26H2,1-3H3/t17-/m1/s1. The molecular formula is C25H32N4O4S. The van der Waals surface area contributed by atoms with Crippen molar-refractivity contribution in [3.63, 3.8) is 0 Å². The minimum Gasteiger partial charge on any atom is -0.420 e. The molecule has 4 rings (SSSR count). The number of sulfonamides is 1. The molecule has 1 heterocycles. The van der Waals surface area contributed by atoms with Crippen LogP contribution < -0.4 is 10.0 Å². The van der Waals surface area contributed by atoms with Gasteiger partial charge in [0.1, 0.15) is 0 Å². The third kappa shape index (κ3) is 5.77. The van der Waals surface area contributed by atoms with Crippen LogP contribution >= 0.6 is 0 Å². The quantitative estimate of drug-likeness (QED) is 0.444. The number of nitrogens with two attached hydrogens (primary N) is 1. The summed E-state index contributed by atoms with van der Waals surface area (Å²) in [6.07, 6.45) is 6.59. The van der Waals surface area contributed by atoms with E-state index in [1.165, 1.54) is 30.5 Å². The van der Waals surface area contributed by atoms with Gasteiger partial charge in [0.05, 0.1) is 24.7 Å². The van der Waals surface area contributed by atoms with Gasteiger partial charge in [0, 0.05) is 24.2 Å². The van der Waals surface area contributed by atoms with E-state index >= 15 is 0 Å². The van der Waals surface area contributed by atoms with Gasteiger partial charge in [-0.2, -0.15) is 0 Å². The zero-order valence-corrected chi connectivity index (χ0v) is 20.7. The summed E-state index contributed by atoms with van der Waals surface area (Å²) in [5.74, 6) is 0.815. The Morgan fingerprint density at radius 1 is 1.18 bits per heavy atom. The number of benzene rings is 2. The van der Waals surface area contributed by atoms with Crippen molar-refractivity contribution in [2.24, 2.45) is 0 Å². The summed E-state index contributed by atoms with van der Waals surface area (Å²) in [5.41, 5.74) is 9.88. The van der Waals surface area contributed by atoms with Gasteiger partial charge < -0.3 is 14.9 Å². The van der Waals surface area contributed by atoms with Gasteiger partial charge >= 0.3 is 0 Å². The minimum atomic E-state index is -3.44. The lowest BCUT2D eigenvalue weighted by Gasteiger charge is -2.19. The van der Waals surface area contributed by atoms with Crippen LogP contribution in [0, 0.1) is 0 Å². The third-order valence-electron chi connectivity index (χ3n) is 6.32. The number of nitrogen functional groups attached to an aromatic ring is 1. The fraction of sp³-hybridized carbons (Fsp3) is 0.440. The number of anilines is 2. The lowest BCUT2D eigenvalue weighted by Crippen LogP contribution is -2.25. The molecule has 0 spiro atoms. The topological polar surface area (TPSA) is 112 Å². The Morgan fingerprint density at radius 3 is 2.62 bits per heavy atom. The first-order chi connectivity index (χ1) is 16.2. The Balaban J connectivity index is 1.60. The fourth-order valence-electron chi connectivity index (χ4n) is 4.21. The van der Waals surface area contributed by atoms with Gasteiger partial charge in [-0.3, -0.25) is 4.31 Å². The molecule has 1 saturated carbocycles. The highest BCUT2D eigenvalue weighted by Gasteiger charge is 2.21. The second-order valence-electron chi connectivity index (χ2n) is 9.09. The molecule has 2 N–H and O–H groups in total. The predicted molar refractivity (Wildman–Crippen MR) is 133 cm³/mol. The van der Waals surface area contributed by atoms with Gasteiger partial charge in [0.15, 0.2) is 0 Å². The summed E-state index contributed by atoms with van der Waals surface area (Å²) in [5, 5.41) is 8.52. The molecule has 0 aliphatic heterocycles. The van der Waals surface area contributed by atoms with E-state index in [0.717, 1.165) is 29.7 Å². The molecule has 9 heteroatoms. The van der Waals surface area contributed by atoms with Crippen molar-refractivity contribution in [1.29, 1.82) is 0 Å². The van der Waals surface area contributed by atoms with Crippen LogP contribution in [0.1, 0.15) is 55.5 Å². The summed E-state index contributed by atoms with van der Waals surface area (Å²) in [6.45, 7) is 2.41. The zero-order chi connectivity index (χ0) is 24.3. The highest BCUT2D eigenvalue weighted by atomic mass is 32.2. The van der Waals surface area contributed by atoms with E-state index in [2.05, 4.69) is 10.2 Å². The molecule has 0 radical (unpaired) electrons. The number of rotatable bonds is 9. The lowest BCUT2D eigenvalue weighted by molar-refractivity contribution is 0.0457. The first kappa shape index (κ1) is 24.2. The summed E-state index contributed by atoms with van der Waals surface area (Å²) in [7, 11) is -1.91. The molecule has 34 heavy (non-hydrogen) atoms. The Bertz CT molecular complexity index is 1240. The van der Waals surface area contributed by atoms with Gasteiger partial charge in [-0.05, 0) is 54.7 Å². The molecule has 0 bridgehead atoms. The van der Waals surface area contributed by atoms with E-state index < -0.39 is 10.0 Å². The first-order valence-electron chi connectivity index (χ1n) is 11.6. The maximum Gasteiger partial charge on any atom is 0.247 e. The van der Waals surface area contributed by atoms with E-state index in [4.69, 9.17) is 14.9 Å². The van der Waals surface area contributed by atoms with E-state index in [9.17, 15) is 8.42 Å². The molecule has 182 valence electrons. The third-order valence-corrected chi connectivity index (χ3v) is 7.52. The molecule has 0 amide bonds. The van der Waals surface area contributed by atoms with Crippen molar-refractivity contribution in [3.05, 3.63) is 59.5 Å². The molecular weight excluding hydrogens is 452 g/mol. The van der Waals surface area contributed by atoms with Gasteiger partial charge in [-0.1, -0.05) is 38.0 Å². The molecule has 1 atom stereocenters. The number of para-hydroxylation sites is 1. The zero-order valence-electron chi connectivity index (χ0n) is 19.9. The van der Waals surface area contributed by atoms with Crippen molar-refractivity contribution in [2.75, 3.05) is 23.3 Å². The monoisotopic (exact) mass is 484 g/mol. The van der Waals surface area contributed by atoms with Crippen LogP contribution in [0.3, 0.4) is 0 Å². The van der Waals surface area contributed by atoms with E-state index in [1.54, 1.807) is 6.07 Å². The van der Waals surface area contributed by atoms with E-state index in [0.29, 0.717) is 36.1 Å². The Labute approximate surface area is 201 Å². The van der Waals surface area contributed by atoms with Crippen molar-refractivity contribution >= 4 is 21.4 Å². The van der Waals surface area contributed by atoms with Crippen molar-refractivity contribution < 1.29 is 17.6 Å². The molecule has 0 unspecified atom stereocenters. The SMILES string of the molecule is C[C@H](Cc1ccccc1N)c1nnc(-c2cc(COC3CCCC3)cc(N(C)S(C)(=O)=O)c2)o1. The van der Waals surface area contributed by atoms with Crippen LogP contribution in [0.5, 0.6) is 0 Å². The van der Waals surface area contributed by atoms with Gasteiger partial charge in [-0.25, -0.2) is 8.42 Å². The Hall–Kier alpha value is -2.91. The summed E-state index contributed by atoms with van der Waals surface area (Å²) in [4.78, 5) is 0. The Kier molecular flexibility index (Phi) is 7.23. The molecule has 3 aromatic rings. The van der Waals surface area contributed by atoms with Crippen LogP contribution in [0.2, 0.25) is 0 Å². The Morgan fingerprint density at radius 2 is 1.91 bits per heavy atom. The average molecular weight is 485 g/mol. The number of ether oxygens (including phenoxy) is 1. The van der Waals surface area contributed by atoms with E-state index in [-0.39, 0.29) is 12.0 Å². The smallest absolute Gasteiger partial charge is 0.247 e. The number of aromatic nitrogens is 2. The lowest BCUT2D eigenvalue weighted by atomic mass is 10.00. The van der Waals surface area contributed by atoms with Gasteiger partial charge in [-0.15, -0.1) is 10.2 Å². The molecule has 8 nitrogen and oxygen atoms in total. The van der Waals surface area contributed by atoms with Crippen LogP contribution in [0.25, 0.3) is 11.5 Å². The number of nitrogens with zero attached hydrogens (tertiary/aromatic N) is 3. The van der Waals surface area contributed by atoms with Crippen molar-refractivity contribution in [1.82, 2.24) is 10.2 Å². The molecule has 1 aliphatic rings. The molecule has 1 fully saturated rings. The van der Waals surface area contributed by atoms with E-state index in [1.807, 2.05) is 43.3 Å². The van der Waals surface area contributed by atoms with Crippen LogP contribution in [0.15, 0.2) is 46.9 Å². The van der Waals surface area contributed by atoms with Gasteiger partial charge in [0.2, 0.25) is 21.8 Å². The highest BCUT2D eigenvalue weighted by Crippen LogP contribution is 2.31. The molecule has 1 aliphatic carbocycles. The maximum absolute atomic E-state index is 12.2. The average Bonchev–Trinajstić information content (AvgIpc) is 3.50.